The van der Waals surface area contributed by atoms with Crippen LogP contribution >= 0.6 is 22.9 Å². The van der Waals surface area contributed by atoms with Gasteiger partial charge in [0, 0.05) is 24.2 Å². The molecule has 0 saturated carbocycles. The quantitative estimate of drug-likeness (QED) is 0.852. The molecule has 0 N–H and O–H groups in total. The summed E-state index contributed by atoms with van der Waals surface area (Å²) in [6.45, 7) is 6.04. The highest BCUT2D eigenvalue weighted by Crippen LogP contribution is 2.38. The molecule has 2 aromatic rings. The molecule has 0 aliphatic rings. The van der Waals surface area contributed by atoms with Gasteiger partial charge in [0.15, 0.2) is 5.15 Å². The smallest absolute Gasteiger partial charge is 0.230 e. The topological polar surface area (TPSA) is 46.1 Å². The van der Waals surface area contributed by atoms with E-state index in [9.17, 15) is 9.18 Å². The predicted molar refractivity (Wildman–Crippen MR) is 83.2 cm³/mol. The maximum absolute atomic E-state index is 13.2. The summed E-state index contributed by atoms with van der Waals surface area (Å²) >= 11 is 7.40. The van der Waals surface area contributed by atoms with Crippen molar-refractivity contribution in [1.82, 2.24) is 9.97 Å². The van der Waals surface area contributed by atoms with Crippen LogP contribution in [0.5, 0.6) is 0 Å². The van der Waals surface area contributed by atoms with Gasteiger partial charge in [-0.1, -0.05) is 36.8 Å². The van der Waals surface area contributed by atoms with Gasteiger partial charge < -0.3 is 4.90 Å². The number of carbonyl (C=O) groups is 1. The fourth-order valence-corrected chi connectivity index (χ4v) is 3.18. The van der Waals surface area contributed by atoms with E-state index in [-0.39, 0.29) is 17.0 Å². The standard InChI is InChI=1S/C14H15ClFN3OS/c1-4-19(13(20)8(2)3)14-11(15)18-12(21-14)9-5-10(16)7-17-6-9/h5-8H,4H2,1-3H3. The first kappa shape index (κ1) is 15.9. The van der Waals surface area contributed by atoms with Crippen molar-refractivity contribution in [2.24, 2.45) is 5.92 Å². The van der Waals surface area contributed by atoms with E-state index in [4.69, 9.17) is 11.6 Å². The minimum atomic E-state index is -0.439. The lowest BCUT2D eigenvalue weighted by Gasteiger charge is -2.21. The second kappa shape index (κ2) is 6.49. The molecule has 2 aromatic heterocycles. The molecule has 0 spiro atoms. The summed E-state index contributed by atoms with van der Waals surface area (Å²) in [6, 6.07) is 1.34. The summed E-state index contributed by atoms with van der Waals surface area (Å²) in [4.78, 5) is 21.8. The maximum Gasteiger partial charge on any atom is 0.230 e. The van der Waals surface area contributed by atoms with Crippen molar-refractivity contribution in [2.45, 2.75) is 20.8 Å². The Morgan fingerprint density at radius 2 is 2.19 bits per heavy atom. The Hall–Kier alpha value is -1.53. The van der Waals surface area contributed by atoms with Gasteiger partial charge in [-0.2, -0.15) is 0 Å². The first-order valence-electron chi connectivity index (χ1n) is 6.52. The molecule has 0 unspecified atom stereocenters. The van der Waals surface area contributed by atoms with Crippen LogP contribution in [0.25, 0.3) is 10.6 Å². The highest BCUT2D eigenvalue weighted by Gasteiger charge is 2.23. The third kappa shape index (κ3) is 3.39. The first-order valence-corrected chi connectivity index (χ1v) is 7.72. The van der Waals surface area contributed by atoms with Crippen LogP contribution in [0, 0.1) is 11.7 Å². The largest absolute Gasteiger partial charge is 0.301 e. The molecule has 2 rings (SSSR count). The molecule has 0 radical (unpaired) electrons. The number of rotatable bonds is 4. The number of anilines is 1. The Kier molecular flexibility index (Phi) is 4.90. The molecule has 0 fully saturated rings. The molecule has 0 atom stereocenters. The molecule has 0 saturated heterocycles. The van der Waals surface area contributed by atoms with Crippen LogP contribution in [0.15, 0.2) is 18.5 Å². The van der Waals surface area contributed by atoms with Gasteiger partial charge in [0.25, 0.3) is 0 Å². The fraction of sp³-hybridized carbons (Fsp3) is 0.357. The van der Waals surface area contributed by atoms with Gasteiger partial charge in [0.05, 0.1) is 6.20 Å². The van der Waals surface area contributed by atoms with Crippen molar-refractivity contribution >= 4 is 33.8 Å². The lowest BCUT2D eigenvalue weighted by atomic mass is 10.2. The van der Waals surface area contributed by atoms with E-state index in [0.717, 1.165) is 6.20 Å². The number of hydrogen-bond donors (Lipinski definition) is 0. The zero-order chi connectivity index (χ0) is 15.6. The van der Waals surface area contributed by atoms with Crippen LogP contribution < -0.4 is 4.90 Å². The molecule has 112 valence electrons. The Labute approximate surface area is 131 Å². The van der Waals surface area contributed by atoms with E-state index in [2.05, 4.69) is 9.97 Å². The van der Waals surface area contributed by atoms with E-state index in [1.165, 1.54) is 23.6 Å². The SMILES string of the molecule is CCN(C(=O)C(C)C)c1sc(-c2cncc(F)c2)nc1Cl. The highest BCUT2D eigenvalue weighted by molar-refractivity contribution is 7.19. The molecule has 4 nitrogen and oxygen atoms in total. The fourth-order valence-electron chi connectivity index (χ4n) is 1.82. The molecular weight excluding hydrogens is 313 g/mol. The lowest BCUT2D eigenvalue weighted by molar-refractivity contribution is -0.121. The average Bonchev–Trinajstić information content (AvgIpc) is 2.82. The number of pyridine rings is 1. The highest BCUT2D eigenvalue weighted by atomic mass is 35.5. The van der Waals surface area contributed by atoms with Gasteiger partial charge in [-0.25, -0.2) is 9.37 Å². The van der Waals surface area contributed by atoms with Gasteiger partial charge in [-0.15, -0.1) is 0 Å². The molecule has 7 heteroatoms. The van der Waals surface area contributed by atoms with Gasteiger partial charge in [-0.05, 0) is 13.0 Å². The lowest BCUT2D eigenvalue weighted by Crippen LogP contribution is -2.33. The minimum Gasteiger partial charge on any atom is -0.301 e. The van der Waals surface area contributed by atoms with Crippen molar-refractivity contribution in [3.05, 3.63) is 29.4 Å². The maximum atomic E-state index is 13.2. The van der Waals surface area contributed by atoms with E-state index in [1.807, 2.05) is 20.8 Å². The Morgan fingerprint density at radius 3 is 2.76 bits per heavy atom. The summed E-state index contributed by atoms with van der Waals surface area (Å²) in [5, 5.41) is 1.37. The van der Waals surface area contributed by atoms with Crippen LogP contribution in [0.4, 0.5) is 9.39 Å². The minimum absolute atomic E-state index is 0.0213. The molecular formula is C14H15ClFN3OS. The molecule has 2 heterocycles. The van der Waals surface area contributed by atoms with Crippen LogP contribution in [-0.4, -0.2) is 22.4 Å². The number of carbonyl (C=O) groups excluding carboxylic acids is 1. The Balaban J connectivity index is 2.41. The van der Waals surface area contributed by atoms with Crippen LogP contribution in [0.3, 0.4) is 0 Å². The van der Waals surface area contributed by atoms with Gasteiger partial charge >= 0.3 is 0 Å². The summed E-state index contributed by atoms with van der Waals surface area (Å²) in [5.74, 6) is -0.597. The average molecular weight is 328 g/mol. The Morgan fingerprint density at radius 1 is 1.48 bits per heavy atom. The van der Waals surface area contributed by atoms with Crippen LogP contribution in [0.1, 0.15) is 20.8 Å². The van der Waals surface area contributed by atoms with Crippen molar-refractivity contribution in [3.63, 3.8) is 0 Å². The zero-order valence-corrected chi connectivity index (χ0v) is 13.5. The summed E-state index contributed by atoms with van der Waals surface area (Å²) in [5.41, 5.74) is 0.543. The first-order chi connectivity index (χ1) is 9.93. The van der Waals surface area contributed by atoms with Gasteiger partial charge in [-0.3, -0.25) is 9.78 Å². The van der Waals surface area contributed by atoms with Crippen molar-refractivity contribution in [3.8, 4) is 10.6 Å². The van der Waals surface area contributed by atoms with Crippen molar-refractivity contribution < 1.29 is 9.18 Å². The second-order valence-electron chi connectivity index (χ2n) is 4.74. The molecule has 0 bridgehead atoms. The number of thiazole rings is 1. The summed E-state index contributed by atoms with van der Waals surface area (Å²) in [6.07, 6.45) is 2.64. The number of nitrogens with zero attached hydrogens (tertiary/aromatic N) is 3. The van der Waals surface area contributed by atoms with E-state index in [1.54, 1.807) is 4.90 Å². The van der Waals surface area contributed by atoms with Crippen molar-refractivity contribution in [2.75, 3.05) is 11.4 Å². The van der Waals surface area contributed by atoms with Crippen LogP contribution in [-0.2, 0) is 4.79 Å². The molecule has 0 aliphatic carbocycles. The summed E-state index contributed by atoms with van der Waals surface area (Å²) in [7, 11) is 0. The molecule has 21 heavy (non-hydrogen) atoms. The molecule has 0 aliphatic heterocycles. The van der Waals surface area contributed by atoms with Gasteiger partial charge in [0.1, 0.15) is 15.8 Å². The summed E-state index contributed by atoms with van der Waals surface area (Å²) < 4.78 is 13.2. The van der Waals surface area contributed by atoms with E-state index in [0.29, 0.717) is 22.1 Å². The second-order valence-corrected chi connectivity index (χ2v) is 6.08. The molecule has 1 amide bonds. The molecule has 0 aromatic carbocycles. The van der Waals surface area contributed by atoms with E-state index < -0.39 is 5.82 Å². The monoisotopic (exact) mass is 327 g/mol. The third-order valence-corrected chi connectivity index (χ3v) is 4.35. The number of halogens is 2. The number of aromatic nitrogens is 2. The number of amides is 1. The van der Waals surface area contributed by atoms with Crippen molar-refractivity contribution in [1.29, 1.82) is 0 Å². The zero-order valence-electron chi connectivity index (χ0n) is 11.9. The Bertz CT molecular complexity index is 659. The van der Waals surface area contributed by atoms with Gasteiger partial charge in [0.2, 0.25) is 5.91 Å². The predicted octanol–water partition coefficient (Wildman–Crippen LogP) is 4.01. The normalized spacial score (nSPS) is 11.0. The van der Waals surface area contributed by atoms with E-state index >= 15 is 0 Å². The number of hydrogen-bond acceptors (Lipinski definition) is 4. The third-order valence-electron chi connectivity index (χ3n) is 2.84. The van der Waals surface area contributed by atoms with Crippen LogP contribution in [0.2, 0.25) is 5.15 Å².